The van der Waals surface area contributed by atoms with Gasteiger partial charge in [-0.05, 0) is 30.7 Å². The Bertz CT molecular complexity index is 510. The Labute approximate surface area is 118 Å². The van der Waals surface area contributed by atoms with Gasteiger partial charge in [0.25, 0.3) is 0 Å². The molecule has 1 aliphatic carbocycles. The number of benzene rings is 1. The second-order valence-corrected chi connectivity index (χ2v) is 4.99. The van der Waals surface area contributed by atoms with Crippen LogP contribution in [-0.2, 0) is 12.8 Å². The van der Waals surface area contributed by atoms with Crippen molar-refractivity contribution in [3.63, 3.8) is 0 Å². The number of rotatable bonds is 5. The number of hydrogen-bond acceptors (Lipinski definition) is 4. The standard InChI is InChI=1S/C14H17N3O.ClH/c15-12(8-10-4-2-1-3-5-10)14-16-13(17-18-14)9-11-6-7-11;/h1-5,11-12H,6-9,15H2;1H. The van der Waals surface area contributed by atoms with Gasteiger partial charge in [-0.1, -0.05) is 35.5 Å². The van der Waals surface area contributed by atoms with Gasteiger partial charge in [-0.2, -0.15) is 4.98 Å². The third kappa shape index (κ3) is 3.78. The summed E-state index contributed by atoms with van der Waals surface area (Å²) < 4.78 is 5.24. The molecule has 1 saturated carbocycles. The molecule has 1 atom stereocenters. The molecular weight excluding hydrogens is 262 g/mol. The first-order valence-corrected chi connectivity index (χ1v) is 6.43. The van der Waals surface area contributed by atoms with Crippen molar-refractivity contribution in [1.82, 2.24) is 10.1 Å². The van der Waals surface area contributed by atoms with Crippen LogP contribution in [0.5, 0.6) is 0 Å². The van der Waals surface area contributed by atoms with E-state index in [1.807, 2.05) is 18.2 Å². The van der Waals surface area contributed by atoms with Gasteiger partial charge in [0.15, 0.2) is 5.82 Å². The van der Waals surface area contributed by atoms with E-state index in [4.69, 9.17) is 10.3 Å². The Morgan fingerprint density at radius 3 is 2.68 bits per heavy atom. The van der Waals surface area contributed by atoms with Crippen LogP contribution in [0.4, 0.5) is 0 Å². The zero-order valence-electron chi connectivity index (χ0n) is 10.7. The zero-order chi connectivity index (χ0) is 12.4. The quantitative estimate of drug-likeness (QED) is 0.914. The van der Waals surface area contributed by atoms with Gasteiger partial charge in [0.05, 0.1) is 6.04 Å². The van der Waals surface area contributed by atoms with E-state index in [1.54, 1.807) is 0 Å². The van der Waals surface area contributed by atoms with Gasteiger partial charge >= 0.3 is 0 Å². The highest BCUT2D eigenvalue weighted by molar-refractivity contribution is 5.85. The largest absolute Gasteiger partial charge is 0.338 e. The number of hydrogen-bond donors (Lipinski definition) is 1. The Kier molecular flexibility index (Phi) is 4.56. The van der Waals surface area contributed by atoms with Crippen molar-refractivity contribution in [2.24, 2.45) is 11.7 Å². The van der Waals surface area contributed by atoms with E-state index in [0.29, 0.717) is 5.89 Å². The Morgan fingerprint density at radius 1 is 1.26 bits per heavy atom. The summed E-state index contributed by atoms with van der Waals surface area (Å²) in [5, 5.41) is 3.99. The minimum Gasteiger partial charge on any atom is -0.338 e. The Morgan fingerprint density at radius 2 is 2.00 bits per heavy atom. The van der Waals surface area contributed by atoms with E-state index in [9.17, 15) is 0 Å². The predicted octanol–water partition coefficient (Wildman–Crippen LogP) is 2.69. The maximum absolute atomic E-state index is 6.09. The molecule has 3 rings (SSSR count). The lowest BCUT2D eigenvalue weighted by molar-refractivity contribution is 0.349. The maximum Gasteiger partial charge on any atom is 0.243 e. The van der Waals surface area contributed by atoms with Gasteiger partial charge < -0.3 is 10.3 Å². The van der Waals surface area contributed by atoms with Crippen LogP contribution in [0.25, 0.3) is 0 Å². The normalized spacial score (nSPS) is 15.8. The van der Waals surface area contributed by atoms with Crippen molar-refractivity contribution in [3.05, 3.63) is 47.6 Å². The average Bonchev–Trinajstić information content (AvgIpc) is 3.06. The van der Waals surface area contributed by atoms with Gasteiger partial charge in [-0.15, -0.1) is 12.4 Å². The van der Waals surface area contributed by atoms with Crippen LogP contribution in [0.15, 0.2) is 34.9 Å². The highest BCUT2D eigenvalue weighted by Gasteiger charge is 2.24. The topological polar surface area (TPSA) is 64.9 Å². The maximum atomic E-state index is 6.09. The van der Waals surface area contributed by atoms with Crippen molar-refractivity contribution >= 4 is 12.4 Å². The molecular formula is C14H18ClN3O. The van der Waals surface area contributed by atoms with Crippen LogP contribution >= 0.6 is 12.4 Å². The highest BCUT2D eigenvalue weighted by Crippen LogP contribution is 2.31. The lowest BCUT2D eigenvalue weighted by Gasteiger charge is -2.05. The first-order valence-electron chi connectivity index (χ1n) is 6.43. The number of nitrogens with zero attached hydrogens (tertiary/aromatic N) is 2. The second-order valence-electron chi connectivity index (χ2n) is 4.99. The average molecular weight is 280 g/mol. The molecule has 1 unspecified atom stereocenters. The van der Waals surface area contributed by atoms with Crippen molar-refractivity contribution in [3.8, 4) is 0 Å². The fourth-order valence-electron chi connectivity index (χ4n) is 2.04. The Balaban J connectivity index is 0.00000133. The zero-order valence-corrected chi connectivity index (χ0v) is 11.5. The molecule has 0 bridgehead atoms. The molecule has 102 valence electrons. The molecule has 4 nitrogen and oxygen atoms in total. The van der Waals surface area contributed by atoms with E-state index >= 15 is 0 Å². The molecule has 1 aliphatic rings. The molecule has 1 aromatic carbocycles. The van der Waals surface area contributed by atoms with Gasteiger partial charge in [0, 0.05) is 6.42 Å². The predicted molar refractivity (Wildman–Crippen MR) is 75.0 cm³/mol. The summed E-state index contributed by atoms with van der Waals surface area (Å²) in [6, 6.07) is 9.91. The smallest absolute Gasteiger partial charge is 0.243 e. The molecule has 1 heterocycles. The van der Waals surface area contributed by atoms with E-state index in [1.165, 1.54) is 18.4 Å². The lowest BCUT2D eigenvalue weighted by Crippen LogP contribution is -2.13. The lowest BCUT2D eigenvalue weighted by atomic mass is 10.1. The number of nitrogens with two attached hydrogens (primary N) is 1. The van der Waals surface area contributed by atoms with Crippen molar-refractivity contribution in [2.75, 3.05) is 0 Å². The van der Waals surface area contributed by atoms with Gasteiger partial charge in [-0.25, -0.2) is 0 Å². The minimum absolute atomic E-state index is 0. The van der Waals surface area contributed by atoms with Crippen LogP contribution in [0.3, 0.4) is 0 Å². The third-order valence-corrected chi connectivity index (χ3v) is 3.27. The fraction of sp³-hybridized carbons (Fsp3) is 0.429. The molecule has 0 amide bonds. The number of aromatic nitrogens is 2. The van der Waals surface area contributed by atoms with Gasteiger partial charge in [0.1, 0.15) is 0 Å². The number of halogens is 1. The van der Waals surface area contributed by atoms with Gasteiger partial charge in [0.2, 0.25) is 5.89 Å². The SMILES string of the molecule is Cl.NC(Cc1ccccc1)c1nc(CC2CC2)no1. The monoisotopic (exact) mass is 279 g/mol. The summed E-state index contributed by atoms with van der Waals surface area (Å²) in [6.45, 7) is 0. The first kappa shape index (κ1) is 14.0. The minimum atomic E-state index is -0.215. The van der Waals surface area contributed by atoms with E-state index < -0.39 is 0 Å². The summed E-state index contributed by atoms with van der Waals surface area (Å²) in [4.78, 5) is 4.38. The molecule has 5 heteroatoms. The van der Waals surface area contributed by atoms with Crippen molar-refractivity contribution in [1.29, 1.82) is 0 Å². The van der Waals surface area contributed by atoms with Crippen molar-refractivity contribution < 1.29 is 4.52 Å². The summed E-state index contributed by atoms with van der Waals surface area (Å²) >= 11 is 0. The molecule has 1 aromatic heterocycles. The summed E-state index contributed by atoms with van der Waals surface area (Å²) in [7, 11) is 0. The van der Waals surface area contributed by atoms with Crippen LogP contribution in [0.2, 0.25) is 0 Å². The van der Waals surface area contributed by atoms with Crippen LogP contribution in [0.1, 0.15) is 36.2 Å². The summed E-state index contributed by atoms with van der Waals surface area (Å²) in [5.41, 5.74) is 7.28. The second kappa shape index (κ2) is 6.17. The Hall–Kier alpha value is -1.39. The molecule has 19 heavy (non-hydrogen) atoms. The molecule has 1 fully saturated rings. The molecule has 2 aromatic rings. The van der Waals surface area contributed by atoms with E-state index in [-0.39, 0.29) is 18.4 Å². The van der Waals surface area contributed by atoms with Crippen LogP contribution in [0, 0.1) is 5.92 Å². The summed E-state index contributed by atoms with van der Waals surface area (Å²) in [6.07, 6.45) is 4.24. The van der Waals surface area contributed by atoms with E-state index in [0.717, 1.165) is 24.6 Å². The van der Waals surface area contributed by atoms with Gasteiger partial charge in [-0.3, -0.25) is 0 Å². The third-order valence-electron chi connectivity index (χ3n) is 3.27. The molecule has 2 N–H and O–H groups in total. The molecule has 0 radical (unpaired) electrons. The van der Waals surface area contributed by atoms with Crippen LogP contribution < -0.4 is 5.73 Å². The molecule has 0 aliphatic heterocycles. The highest BCUT2D eigenvalue weighted by atomic mass is 35.5. The van der Waals surface area contributed by atoms with E-state index in [2.05, 4.69) is 22.3 Å². The van der Waals surface area contributed by atoms with Crippen molar-refractivity contribution in [2.45, 2.75) is 31.7 Å². The fourth-order valence-corrected chi connectivity index (χ4v) is 2.04. The van der Waals surface area contributed by atoms with Crippen LogP contribution in [-0.4, -0.2) is 10.1 Å². The molecule has 0 saturated heterocycles. The molecule has 0 spiro atoms. The summed E-state index contributed by atoms with van der Waals surface area (Å²) in [5.74, 6) is 2.12. The first-order chi connectivity index (χ1) is 8.81.